The molecule has 0 saturated carbocycles. The number of hydrogen-bond donors (Lipinski definition) is 3. The molecule has 48 valence electrons. The molecule has 0 radical (unpaired) electrons. The van der Waals surface area contributed by atoms with Crippen molar-refractivity contribution < 1.29 is 103 Å². The van der Waals surface area contributed by atoms with Crippen LogP contribution in [-0.4, -0.2) is 14.7 Å². The van der Waals surface area contributed by atoms with E-state index in [9.17, 15) is 0 Å². The number of phosphoric acid groups is 1. The number of rotatable bonds is 0. The zero-order valence-electron chi connectivity index (χ0n) is 3.61. The van der Waals surface area contributed by atoms with Crippen molar-refractivity contribution in [1.82, 2.24) is 0 Å². The Morgan fingerprint density at radius 2 is 1.00 bits per heavy atom. The van der Waals surface area contributed by atoms with Crippen LogP contribution < -0.4 is 0 Å². The number of halogens is 1. The Morgan fingerprint density at radius 1 is 1.00 bits per heavy atom. The topological polar surface area (TPSA) is 77.8 Å². The van der Waals surface area contributed by atoms with Crippen LogP contribution in [0.2, 0.25) is 0 Å². The Labute approximate surface area is 120 Å². The molecule has 4 nitrogen and oxygen atoms in total. The Hall–Kier alpha value is 3.15. The summed E-state index contributed by atoms with van der Waals surface area (Å²) in [5.41, 5.74) is 0. The van der Waals surface area contributed by atoms with Crippen molar-refractivity contribution in [1.29, 1.82) is 0 Å². The second kappa shape index (κ2) is 10.2. The first-order chi connectivity index (χ1) is 2.00. The summed E-state index contributed by atoms with van der Waals surface area (Å²) < 4.78 is 8.88. The largest absolute Gasteiger partial charge is 0.466 e. The minimum atomic E-state index is -4.64. The van der Waals surface area contributed by atoms with E-state index in [1.165, 1.54) is 0 Å². The summed E-state index contributed by atoms with van der Waals surface area (Å²) in [6, 6.07) is 0. The smallest absolute Gasteiger partial charge is 0.303 e. The molecule has 0 spiro atoms. The van der Waals surface area contributed by atoms with Crippen LogP contribution in [-0.2, 0) is 4.57 Å². The van der Waals surface area contributed by atoms with Crippen molar-refractivity contribution >= 4 is 20.2 Å². The maximum absolute atomic E-state index is 8.88. The van der Waals surface area contributed by atoms with Gasteiger partial charge in [0.25, 0.3) is 0 Å². The fraction of sp³-hybridized carbons (Fsp3) is 0. The zero-order valence-corrected chi connectivity index (χ0v) is 11.6. The van der Waals surface area contributed by atoms with E-state index < -0.39 is 7.82 Å². The minimum Gasteiger partial charge on any atom is -0.303 e. The Morgan fingerprint density at radius 3 is 1.00 bits per heavy atom. The third-order valence-electron chi connectivity index (χ3n) is 0. The van der Waals surface area contributed by atoms with Crippen molar-refractivity contribution in [2.75, 3.05) is 0 Å². The van der Waals surface area contributed by atoms with Crippen LogP contribution in [0.25, 0.3) is 0 Å². The van der Waals surface area contributed by atoms with Crippen molar-refractivity contribution in [3.8, 4) is 0 Å². The van der Waals surface area contributed by atoms with E-state index in [0.717, 1.165) is 0 Å². The van der Waals surface area contributed by atoms with Crippen molar-refractivity contribution in [3.05, 3.63) is 0 Å². The summed E-state index contributed by atoms with van der Waals surface area (Å²) in [5, 5.41) is 0. The minimum absolute atomic E-state index is 0. The van der Waals surface area contributed by atoms with E-state index in [1.807, 2.05) is 0 Å². The maximum Gasteiger partial charge on any atom is 0.466 e. The van der Waals surface area contributed by atoms with E-state index >= 15 is 0 Å². The summed E-state index contributed by atoms with van der Waals surface area (Å²) in [4.78, 5) is 21.6. The molecule has 0 amide bonds. The molecular formula is H4Ce2ClO4P. The first-order valence-corrected chi connectivity index (χ1v) is 2.35. The van der Waals surface area contributed by atoms with Gasteiger partial charge >= 0.3 is 7.82 Å². The van der Waals surface area contributed by atoms with Crippen LogP contribution in [0.4, 0.5) is 0 Å². The Bertz CT molecular complexity index is 60.2. The predicted molar refractivity (Wildman–Crippen MR) is 21.5 cm³/mol. The third kappa shape index (κ3) is 61.2. The van der Waals surface area contributed by atoms with Gasteiger partial charge in [0.1, 0.15) is 0 Å². The van der Waals surface area contributed by atoms with Crippen LogP contribution in [0.3, 0.4) is 0 Å². The van der Waals surface area contributed by atoms with E-state index in [1.54, 1.807) is 0 Å². The van der Waals surface area contributed by atoms with E-state index in [0.29, 0.717) is 0 Å². The molecule has 0 aliphatic heterocycles. The fourth-order valence-corrected chi connectivity index (χ4v) is 0. The van der Waals surface area contributed by atoms with Gasteiger partial charge in [0, 0.05) is 83.5 Å². The third-order valence-corrected chi connectivity index (χ3v) is 0. The molecule has 0 heterocycles. The van der Waals surface area contributed by atoms with Gasteiger partial charge in [-0.05, 0) is 0 Å². The second-order valence-corrected chi connectivity index (χ2v) is 1.54. The van der Waals surface area contributed by atoms with Crippen LogP contribution in [0.15, 0.2) is 0 Å². The molecule has 8 heteroatoms. The van der Waals surface area contributed by atoms with Gasteiger partial charge in [-0.1, -0.05) is 0 Å². The van der Waals surface area contributed by atoms with Gasteiger partial charge in [0.15, 0.2) is 0 Å². The maximum atomic E-state index is 8.88. The van der Waals surface area contributed by atoms with Crippen molar-refractivity contribution in [3.63, 3.8) is 0 Å². The van der Waals surface area contributed by atoms with Crippen molar-refractivity contribution in [2.45, 2.75) is 0 Å². The molecule has 0 rings (SSSR count). The summed E-state index contributed by atoms with van der Waals surface area (Å²) in [6.07, 6.45) is 0. The summed E-state index contributed by atoms with van der Waals surface area (Å²) in [5.74, 6) is 0. The molecular weight excluding hydrogens is 411 g/mol. The molecule has 0 unspecified atom stereocenters. The normalized spacial score (nSPS) is 7.38. The second-order valence-electron chi connectivity index (χ2n) is 0.513. The Kier molecular flexibility index (Phi) is 28.5. The molecule has 0 fully saturated rings. The van der Waals surface area contributed by atoms with Crippen LogP contribution in [0.1, 0.15) is 0 Å². The fourth-order valence-electron chi connectivity index (χ4n) is 0. The van der Waals surface area contributed by atoms with E-state index in [-0.39, 0.29) is 95.9 Å². The Balaban J connectivity index is -0.0000000267. The zero-order chi connectivity index (χ0) is 4.50. The molecule has 0 aliphatic rings. The molecule has 3 N–H and O–H groups in total. The van der Waals surface area contributed by atoms with Crippen LogP contribution >= 0.6 is 20.2 Å². The van der Waals surface area contributed by atoms with Crippen LogP contribution in [0, 0.1) is 83.5 Å². The number of hydrogen-bond acceptors (Lipinski definition) is 1. The SMILES string of the molecule is Cl.O=P(O)(O)O.[Ce].[Ce]. The molecule has 0 aromatic heterocycles. The van der Waals surface area contributed by atoms with Gasteiger partial charge in [-0.15, -0.1) is 12.4 Å². The first-order valence-electron chi connectivity index (χ1n) is 0.783. The summed E-state index contributed by atoms with van der Waals surface area (Å²) in [7, 11) is -4.64. The van der Waals surface area contributed by atoms with Gasteiger partial charge in [0.2, 0.25) is 0 Å². The quantitative estimate of drug-likeness (QED) is 0.467. The van der Waals surface area contributed by atoms with Gasteiger partial charge < -0.3 is 14.7 Å². The first kappa shape index (κ1) is 22.5. The summed E-state index contributed by atoms with van der Waals surface area (Å²) in [6.45, 7) is 0. The molecule has 0 saturated heterocycles. The molecule has 0 atom stereocenters. The van der Waals surface area contributed by atoms with E-state index in [2.05, 4.69) is 0 Å². The van der Waals surface area contributed by atoms with Gasteiger partial charge in [0.05, 0.1) is 0 Å². The predicted octanol–water partition coefficient (Wildman–Crippen LogP) is -0.507. The summed E-state index contributed by atoms with van der Waals surface area (Å²) >= 11 is 0. The molecule has 8 heavy (non-hydrogen) atoms. The average Bonchev–Trinajstić information content (AvgIpc) is 0.722. The molecule has 0 bridgehead atoms. The van der Waals surface area contributed by atoms with Gasteiger partial charge in [-0.25, -0.2) is 4.57 Å². The molecule has 0 aromatic rings. The van der Waals surface area contributed by atoms with Gasteiger partial charge in [-0.3, -0.25) is 0 Å². The van der Waals surface area contributed by atoms with Gasteiger partial charge in [-0.2, -0.15) is 0 Å². The molecule has 0 aromatic carbocycles. The van der Waals surface area contributed by atoms with Crippen molar-refractivity contribution in [2.24, 2.45) is 0 Å². The standard InChI is InChI=1S/2Ce.ClH.H3O4P/c;;;1-5(2,3)4/h;;1H;(H3,1,2,3,4). The monoisotopic (exact) mass is 414 g/mol. The van der Waals surface area contributed by atoms with E-state index in [4.69, 9.17) is 19.2 Å². The molecule has 0 aliphatic carbocycles. The van der Waals surface area contributed by atoms with Crippen LogP contribution in [0.5, 0.6) is 0 Å². The average molecular weight is 415 g/mol.